The molecule has 1 amide bonds. The van der Waals surface area contributed by atoms with Gasteiger partial charge in [0.15, 0.2) is 5.82 Å². The Balaban J connectivity index is 1.89. The summed E-state index contributed by atoms with van der Waals surface area (Å²) >= 11 is 0. The first-order valence-corrected chi connectivity index (χ1v) is 8.61. The molecule has 2 heterocycles. The fourth-order valence-corrected chi connectivity index (χ4v) is 2.84. The van der Waals surface area contributed by atoms with Crippen LogP contribution in [0.4, 0.5) is 27.8 Å². The van der Waals surface area contributed by atoms with Gasteiger partial charge >= 0.3 is 6.18 Å². The van der Waals surface area contributed by atoms with E-state index in [9.17, 15) is 26.7 Å². The van der Waals surface area contributed by atoms with Crippen LogP contribution in [0.15, 0.2) is 36.3 Å². The van der Waals surface area contributed by atoms with Gasteiger partial charge in [-0.15, -0.1) is 10.2 Å². The van der Waals surface area contributed by atoms with E-state index in [0.29, 0.717) is 0 Å². The predicted octanol–water partition coefficient (Wildman–Crippen LogP) is 2.72. The van der Waals surface area contributed by atoms with Gasteiger partial charge in [-0.2, -0.15) is 13.2 Å². The molecule has 0 saturated heterocycles. The Kier molecular flexibility index (Phi) is 5.55. The van der Waals surface area contributed by atoms with Crippen molar-refractivity contribution < 1.29 is 26.7 Å². The molecule has 8 nitrogen and oxygen atoms in total. The van der Waals surface area contributed by atoms with Gasteiger partial charge in [0, 0.05) is 13.2 Å². The number of aromatic nitrogens is 4. The molecule has 160 valence electrons. The van der Waals surface area contributed by atoms with Crippen LogP contribution in [-0.2, 0) is 10.3 Å². The number of pyridine rings is 1. The molecule has 2 aromatic heterocycles. The van der Waals surface area contributed by atoms with Gasteiger partial charge in [0.25, 0.3) is 12.3 Å². The fourth-order valence-electron chi connectivity index (χ4n) is 2.84. The van der Waals surface area contributed by atoms with Gasteiger partial charge in [-0.05, 0) is 25.0 Å². The first-order chi connectivity index (χ1) is 14.1. The average molecular weight is 429 g/mol. The number of nitrogens with one attached hydrogen (secondary N) is 3. The minimum Gasteiger partial charge on any atom is -0.393 e. The molecule has 30 heavy (non-hydrogen) atoms. The Morgan fingerprint density at radius 2 is 2.03 bits per heavy atom. The number of halogens is 5. The van der Waals surface area contributed by atoms with E-state index in [-0.39, 0.29) is 30.2 Å². The summed E-state index contributed by atoms with van der Waals surface area (Å²) in [5.41, 5.74) is -3.90. The highest BCUT2D eigenvalue weighted by Gasteiger charge is 2.65. The highest BCUT2D eigenvalue weighted by Crippen LogP contribution is 2.56. The van der Waals surface area contributed by atoms with Crippen molar-refractivity contribution >= 4 is 17.4 Å². The molecule has 0 atom stereocenters. The number of rotatable bonds is 7. The number of alkyl halides is 5. The third-order valence-electron chi connectivity index (χ3n) is 4.52. The van der Waals surface area contributed by atoms with Crippen molar-refractivity contribution in [3.05, 3.63) is 36.3 Å². The van der Waals surface area contributed by atoms with Crippen molar-refractivity contribution in [1.82, 2.24) is 25.1 Å². The number of hydrogen-bond acceptors (Lipinski definition) is 6. The Labute approximate surface area is 166 Å². The van der Waals surface area contributed by atoms with Crippen molar-refractivity contribution in [2.45, 2.75) is 31.0 Å². The summed E-state index contributed by atoms with van der Waals surface area (Å²) in [6, 6.07) is 4.11. The second-order valence-corrected chi connectivity index (χ2v) is 6.48. The number of anilines is 1. The van der Waals surface area contributed by atoms with Crippen LogP contribution in [0, 0.1) is 5.41 Å². The predicted molar refractivity (Wildman–Crippen MR) is 96.0 cm³/mol. The fraction of sp³-hybridized carbons (Fsp3) is 0.353. The standard InChI is InChI=1S/C17H16F5N7O/c1-24-7-9(12(23)13(18)19)15(30)27-11-4-2-3-10(26-11)14-28-25-8-29(14)16(5-6-16)17(20,21)22/h2-4,7-8,13,23-24H,5-6H2,1H3,(H,26,27,30)/b9-7+,23-12?. The van der Waals surface area contributed by atoms with Gasteiger partial charge in [0.05, 0.1) is 5.57 Å². The lowest BCUT2D eigenvalue weighted by molar-refractivity contribution is -0.179. The summed E-state index contributed by atoms with van der Waals surface area (Å²) in [4.78, 5) is 16.4. The Morgan fingerprint density at radius 3 is 2.60 bits per heavy atom. The molecule has 0 unspecified atom stereocenters. The molecular weight excluding hydrogens is 413 g/mol. The number of amides is 1. The van der Waals surface area contributed by atoms with Crippen LogP contribution in [0.5, 0.6) is 0 Å². The second-order valence-electron chi connectivity index (χ2n) is 6.48. The molecule has 0 aromatic carbocycles. The molecule has 1 aliphatic rings. The highest BCUT2D eigenvalue weighted by atomic mass is 19.4. The van der Waals surface area contributed by atoms with Crippen molar-refractivity contribution in [2.24, 2.45) is 0 Å². The van der Waals surface area contributed by atoms with Crippen LogP contribution >= 0.6 is 0 Å². The molecule has 3 N–H and O–H groups in total. The smallest absolute Gasteiger partial charge is 0.393 e. The zero-order valence-electron chi connectivity index (χ0n) is 15.5. The van der Waals surface area contributed by atoms with Crippen LogP contribution in [0.3, 0.4) is 0 Å². The van der Waals surface area contributed by atoms with Gasteiger partial charge in [0.2, 0.25) is 0 Å². The minimum absolute atomic E-state index is 0.00362. The maximum atomic E-state index is 13.5. The maximum absolute atomic E-state index is 13.5. The van der Waals surface area contributed by atoms with Crippen molar-refractivity contribution in [3.8, 4) is 11.5 Å². The normalized spacial score (nSPS) is 15.8. The average Bonchev–Trinajstić information content (AvgIpc) is 3.36. The van der Waals surface area contributed by atoms with Crippen LogP contribution < -0.4 is 10.6 Å². The Morgan fingerprint density at radius 1 is 1.33 bits per heavy atom. The van der Waals surface area contributed by atoms with Gasteiger partial charge in [-0.1, -0.05) is 6.07 Å². The first-order valence-electron chi connectivity index (χ1n) is 8.61. The van der Waals surface area contributed by atoms with Crippen molar-refractivity contribution in [2.75, 3.05) is 12.4 Å². The molecule has 13 heteroatoms. The number of hydrogen-bond donors (Lipinski definition) is 3. The quantitative estimate of drug-likeness (QED) is 0.356. The molecule has 0 bridgehead atoms. The largest absolute Gasteiger partial charge is 0.412 e. The van der Waals surface area contributed by atoms with Gasteiger partial charge in [0.1, 0.15) is 29.1 Å². The van der Waals surface area contributed by atoms with E-state index in [1.807, 2.05) is 0 Å². The Bertz CT molecular complexity index is 994. The number of nitrogens with zero attached hydrogens (tertiary/aromatic N) is 4. The summed E-state index contributed by atoms with van der Waals surface area (Å²) in [5.74, 6) is -1.30. The summed E-state index contributed by atoms with van der Waals surface area (Å²) < 4.78 is 66.9. The summed E-state index contributed by atoms with van der Waals surface area (Å²) in [5, 5.41) is 19.3. The third-order valence-corrected chi connectivity index (χ3v) is 4.52. The second kappa shape index (κ2) is 7.80. The molecule has 2 aromatic rings. The zero-order valence-corrected chi connectivity index (χ0v) is 15.5. The summed E-state index contributed by atoms with van der Waals surface area (Å²) in [7, 11) is 1.37. The molecule has 1 aliphatic carbocycles. The van der Waals surface area contributed by atoms with E-state index in [1.54, 1.807) is 0 Å². The van der Waals surface area contributed by atoms with E-state index < -0.39 is 35.3 Å². The molecule has 0 aliphatic heterocycles. The summed E-state index contributed by atoms with van der Waals surface area (Å²) in [6.07, 6.45) is -6.01. The van der Waals surface area contributed by atoms with E-state index in [1.165, 1.54) is 25.2 Å². The molecule has 0 radical (unpaired) electrons. The van der Waals surface area contributed by atoms with Gasteiger partial charge in [-0.3, -0.25) is 14.8 Å². The van der Waals surface area contributed by atoms with Crippen molar-refractivity contribution in [1.29, 1.82) is 5.41 Å². The van der Waals surface area contributed by atoms with Crippen molar-refractivity contribution in [3.63, 3.8) is 0 Å². The van der Waals surface area contributed by atoms with Gasteiger partial charge < -0.3 is 10.6 Å². The highest BCUT2D eigenvalue weighted by molar-refractivity contribution is 6.25. The molecule has 3 rings (SSSR count). The zero-order chi connectivity index (χ0) is 22.1. The third kappa shape index (κ3) is 3.86. The Hall–Kier alpha value is -3.38. The topological polar surface area (TPSA) is 109 Å². The van der Waals surface area contributed by atoms with Crippen LogP contribution in [0.1, 0.15) is 12.8 Å². The number of carbonyl (C=O) groups is 1. The summed E-state index contributed by atoms with van der Waals surface area (Å²) in [6.45, 7) is 0. The first kappa shape index (κ1) is 21.3. The number of carbonyl (C=O) groups excluding carboxylic acids is 1. The molecule has 0 spiro atoms. The monoisotopic (exact) mass is 429 g/mol. The van der Waals surface area contributed by atoms with E-state index >= 15 is 0 Å². The lowest BCUT2D eigenvalue weighted by Crippen LogP contribution is -2.35. The van der Waals surface area contributed by atoms with E-state index in [4.69, 9.17) is 5.41 Å². The van der Waals surface area contributed by atoms with E-state index in [2.05, 4.69) is 25.8 Å². The molecule has 1 fully saturated rings. The lowest BCUT2D eigenvalue weighted by Gasteiger charge is -2.21. The van der Waals surface area contributed by atoms with E-state index in [0.717, 1.165) is 17.1 Å². The SMILES string of the molecule is CN/C=C(\C(=N)C(F)F)C(=O)Nc1cccc(-c2nncn2C2(C(F)(F)F)CC2)n1. The minimum atomic E-state index is -4.50. The maximum Gasteiger partial charge on any atom is 0.412 e. The molecule has 1 saturated carbocycles. The van der Waals surface area contributed by atoms with Crippen LogP contribution in [0.25, 0.3) is 11.5 Å². The van der Waals surface area contributed by atoms with Crippen LogP contribution in [-0.4, -0.2) is 51.0 Å². The van der Waals surface area contributed by atoms with Crippen LogP contribution in [0.2, 0.25) is 0 Å². The van der Waals surface area contributed by atoms with Gasteiger partial charge in [-0.25, -0.2) is 13.8 Å². The molecular formula is C17H16F5N7O. The lowest BCUT2D eigenvalue weighted by atomic mass is 10.1.